The normalized spacial score (nSPS) is 8.25. The number of thiophene rings is 1. The van der Waals surface area contributed by atoms with Gasteiger partial charge in [-0.2, -0.15) is 11.3 Å². The van der Waals surface area contributed by atoms with Crippen LogP contribution in [0.2, 0.25) is 0 Å². The van der Waals surface area contributed by atoms with Gasteiger partial charge in [0, 0.05) is 12.4 Å². The van der Waals surface area contributed by atoms with Crippen molar-refractivity contribution in [1.82, 2.24) is 4.98 Å². The summed E-state index contributed by atoms with van der Waals surface area (Å²) in [5, 5.41) is 4.20. The Morgan fingerprint density at radius 1 is 0.950 bits per heavy atom. The molecule has 0 amide bonds. The second-order valence-electron chi connectivity index (χ2n) is 3.99. The van der Waals surface area contributed by atoms with Gasteiger partial charge in [-0.1, -0.05) is 13.8 Å². The summed E-state index contributed by atoms with van der Waals surface area (Å²) in [6, 6.07) is 6.05. The number of aromatic amines is 1. The predicted octanol–water partition coefficient (Wildman–Crippen LogP) is 5.99. The van der Waals surface area contributed by atoms with E-state index < -0.39 is 0 Å². The van der Waals surface area contributed by atoms with E-state index in [2.05, 4.69) is 35.7 Å². The summed E-state index contributed by atoms with van der Waals surface area (Å²) in [6.45, 7) is 10.1. The van der Waals surface area contributed by atoms with E-state index in [0.29, 0.717) is 0 Å². The standard InChI is InChI=1S/C5H7N.C5H6O.C5H6S.C2H6/c3*1-5-2-3-6-4-5;1-2/h2-4,6H,1H3;2*2-4H,1H3;1-2H3. The number of H-pyrrole nitrogens is 1. The Morgan fingerprint density at radius 2 is 1.70 bits per heavy atom. The SMILES string of the molecule is CC.Cc1cc[nH]c1.Cc1ccoc1.Cc1ccsc1. The largest absolute Gasteiger partial charge is 0.472 e. The van der Waals surface area contributed by atoms with Crippen LogP contribution in [0, 0.1) is 20.8 Å². The average Bonchev–Trinajstić information content (AvgIpc) is 3.19. The fourth-order valence-electron chi connectivity index (χ4n) is 1.07. The van der Waals surface area contributed by atoms with E-state index in [1.807, 2.05) is 45.3 Å². The molecule has 3 rings (SSSR count). The van der Waals surface area contributed by atoms with Crippen LogP contribution < -0.4 is 0 Å². The Labute approximate surface area is 126 Å². The summed E-state index contributed by atoms with van der Waals surface area (Å²) in [6.07, 6.45) is 7.24. The Bertz CT molecular complexity index is 404. The fraction of sp³-hybridized carbons (Fsp3) is 0.294. The molecular weight excluding hydrogens is 266 g/mol. The lowest BCUT2D eigenvalue weighted by molar-refractivity contribution is 0.565. The van der Waals surface area contributed by atoms with E-state index >= 15 is 0 Å². The number of aromatic nitrogens is 1. The molecule has 20 heavy (non-hydrogen) atoms. The van der Waals surface area contributed by atoms with Crippen LogP contribution in [0.25, 0.3) is 0 Å². The van der Waals surface area contributed by atoms with Crippen LogP contribution in [0.3, 0.4) is 0 Å². The molecule has 0 spiro atoms. The minimum atomic E-state index is 1.18. The maximum absolute atomic E-state index is 4.71. The summed E-state index contributed by atoms with van der Waals surface area (Å²) in [4.78, 5) is 2.93. The lowest BCUT2D eigenvalue weighted by Gasteiger charge is -1.65. The molecule has 0 radical (unpaired) electrons. The Hall–Kier alpha value is -1.74. The lowest BCUT2D eigenvalue weighted by atomic mass is 10.4. The van der Waals surface area contributed by atoms with Crippen molar-refractivity contribution in [2.24, 2.45) is 0 Å². The Balaban J connectivity index is 0.000000255. The van der Waals surface area contributed by atoms with E-state index in [-0.39, 0.29) is 0 Å². The molecule has 1 N–H and O–H groups in total. The maximum Gasteiger partial charge on any atom is 0.0931 e. The summed E-state index contributed by atoms with van der Waals surface area (Å²) in [7, 11) is 0. The monoisotopic (exact) mass is 291 g/mol. The van der Waals surface area contributed by atoms with Crippen LogP contribution >= 0.6 is 11.3 Å². The molecule has 3 aromatic heterocycles. The first-order valence-electron chi connectivity index (χ1n) is 6.75. The van der Waals surface area contributed by atoms with Gasteiger partial charge in [-0.05, 0) is 66.4 Å². The summed E-state index contributed by atoms with van der Waals surface area (Å²) in [5.74, 6) is 0. The number of hydrogen-bond acceptors (Lipinski definition) is 2. The number of hydrogen-bond donors (Lipinski definition) is 1. The van der Waals surface area contributed by atoms with Crippen molar-refractivity contribution in [3.05, 3.63) is 70.6 Å². The van der Waals surface area contributed by atoms with Gasteiger partial charge < -0.3 is 9.40 Å². The third-order valence-electron chi connectivity index (χ3n) is 2.08. The van der Waals surface area contributed by atoms with Crippen LogP contribution in [-0.4, -0.2) is 4.98 Å². The molecule has 0 aliphatic heterocycles. The highest BCUT2D eigenvalue weighted by atomic mass is 32.1. The van der Waals surface area contributed by atoms with E-state index in [1.54, 1.807) is 23.9 Å². The summed E-state index contributed by atoms with van der Waals surface area (Å²) in [5.41, 5.74) is 3.82. The van der Waals surface area contributed by atoms with Gasteiger partial charge in [-0.3, -0.25) is 0 Å². The van der Waals surface area contributed by atoms with E-state index in [0.717, 1.165) is 0 Å². The van der Waals surface area contributed by atoms with Gasteiger partial charge in [0.05, 0.1) is 12.5 Å². The van der Waals surface area contributed by atoms with Gasteiger partial charge in [-0.15, -0.1) is 0 Å². The van der Waals surface area contributed by atoms with E-state index in [9.17, 15) is 0 Å². The molecule has 3 heterocycles. The summed E-state index contributed by atoms with van der Waals surface area (Å²) < 4.78 is 4.71. The fourth-order valence-corrected chi connectivity index (χ4v) is 1.74. The molecule has 0 bridgehead atoms. The minimum Gasteiger partial charge on any atom is -0.472 e. The lowest BCUT2D eigenvalue weighted by Crippen LogP contribution is -1.50. The van der Waals surface area contributed by atoms with Crippen molar-refractivity contribution in [3.8, 4) is 0 Å². The number of aryl methyl sites for hydroxylation is 3. The zero-order valence-electron chi connectivity index (χ0n) is 13.0. The van der Waals surface area contributed by atoms with Crippen molar-refractivity contribution < 1.29 is 4.42 Å². The van der Waals surface area contributed by atoms with Crippen LogP contribution in [0.1, 0.15) is 30.5 Å². The molecule has 0 saturated carbocycles. The van der Waals surface area contributed by atoms with Crippen molar-refractivity contribution >= 4 is 11.3 Å². The molecule has 3 heteroatoms. The van der Waals surface area contributed by atoms with Gasteiger partial charge in [0.15, 0.2) is 0 Å². The second-order valence-corrected chi connectivity index (χ2v) is 4.77. The van der Waals surface area contributed by atoms with E-state index in [1.165, 1.54) is 16.7 Å². The number of nitrogens with one attached hydrogen (secondary N) is 1. The topological polar surface area (TPSA) is 28.9 Å². The molecule has 0 aliphatic carbocycles. The van der Waals surface area contributed by atoms with Crippen molar-refractivity contribution in [2.45, 2.75) is 34.6 Å². The molecule has 0 aromatic carbocycles. The van der Waals surface area contributed by atoms with Gasteiger partial charge >= 0.3 is 0 Å². The molecule has 3 aromatic rings. The van der Waals surface area contributed by atoms with Gasteiger partial charge in [-0.25, -0.2) is 0 Å². The average molecular weight is 291 g/mol. The third-order valence-corrected chi connectivity index (χ3v) is 2.88. The highest BCUT2D eigenvalue weighted by Gasteiger charge is 1.76. The molecule has 2 nitrogen and oxygen atoms in total. The van der Waals surface area contributed by atoms with Gasteiger partial charge in [0.25, 0.3) is 0 Å². The molecule has 0 atom stereocenters. The minimum absolute atomic E-state index is 1.18. The van der Waals surface area contributed by atoms with Crippen LogP contribution in [-0.2, 0) is 0 Å². The molecule has 0 unspecified atom stereocenters. The van der Waals surface area contributed by atoms with Crippen LogP contribution in [0.4, 0.5) is 0 Å². The second kappa shape index (κ2) is 12.3. The van der Waals surface area contributed by atoms with Gasteiger partial charge in [0.2, 0.25) is 0 Å². The van der Waals surface area contributed by atoms with Gasteiger partial charge in [0.1, 0.15) is 0 Å². The first-order chi connectivity index (χ1) is 9.68. The maximum atomic E-state index is 4.71. The quantitative estimate of drug-likeness (QED) is 0.541. The zero-order valence-corrected chi connectivity index (χ0v) is 13.8. The highest BCUT2D eigenvalue weighted by molar-refractivity contribution is 7.07. The smallest absolute Gasteiger partial charge is 0.0931 e. The van der Waals surface area contributed by atoms with Crippen LogP contribution in [0.5, 0.6) is 0 Å². The van der Waals surface area contributed by atoms with Crippen LogP contribution in [0.15, 0.2) is 58.3 Å². The predicted molar refractivity (Wildman–Crippen MR) is 89.4 cm³/mol. The highest BCUT2D eigenvalue weighted by Crippen LogP contribution is 2.01. The first kappa shape index (κ1) is 18.3. The first-order valence-corrected chi connectivity index (χ1v) is 7.70. The molecule has 0 aliphatic rings. The number of furan rings is 1. The zero-order chi connectivity index (χ0) is 15.2. The molecular formula is C17H25NOS. The van der Waals surface area contributed by atoms with Crippen molar-refractivity contribution in [3.63, 3.8) is 0 Å². The molecule has 110 valence electrons. The summed E-state index contributed by atoms with van der Waals surface area (Å²) >= 11 is 1.74. The van der Waals surface area contributed by atoms with E-state index in [4.69, 9.17) is 4.42 Å². The number of rotatable bonds is 0. The van der Waals surface area contributed by atoms with Crippen molar-refractivity contribution in [1.29, 1.82) is 0 Å². The third kappa shape index (κ3) is 10.2. The molecule has 0 saturated heterocycles. The molecule has 0 fully saturated rings. The Kier molecular flexibility index (Phi) is 11.2. The van der Waals surface area contributed by atoms with Crippen molar-refractivity contribution in [2.75, 3.05) is 0 Å². The Morgan fingerprint density at radius 3 is 1.85 bits per heavy atom.